The first-order valence-corrected chi connectivity index (χ1v) is 7.42. The molecule has 5 nitrogen and oxygen atoms in total. The van der Waals surface area contributed by atoms with Crippen LogP contribution in [0.2, 0.25) is 0 Å². The number of nitrogens with zero attached hydrogens (tertiary/aromatic N) is 1. The summed E-state index contributed by atoms with van der Waals surface area (Å²) in [4.78, 5) is 11.0. The monoisotopic (exact) mass is 307 g/mol. The Morgan fingerprint density at radius 2 is 1.73 bits per heavy atom. The number of ketones is 1. The second kappa shape index (κ2) is 11.4. The molecule has 122 valence electrons. The Hall–Kier alpha value is -2.30. The minimum atomic E-state index is -0.179. The molecule has 0 N–H and O–H groups in total. The average molecular weight is 307 g/mol. The van der Waals surface area contributed by atoms with E-state index in [2.05, 4.69) is 5.16 Å². The number of rotatable bonds is 5. The summed E-state index contributed by atoms with van der Waals surface area (Å²) in [6, 6.07) is 8.96. The highest BCUT2D eigenvalue weighted by atomic mass is 16.5. The number of hydrogen-bond donors (Lipinski definition) is 0. The maximum atomic E-state index is 11.0. The van der Waals surface area contributed by atoms with Crippen molar-refractivity contribution in [3.63, 3.8) is 0 Å². The van der Waals surface area contributed by atoms with Crippen molar-refractivity contribution in [1.82, 2.24) is 5.16 Å². The fourth-order valence-electron chi connectivity index (χ4n) is 1.37. The second-order valence-electron chi connectivity index (χ2n) is 3.72. The van der Waals surface area contributed by atoms with E-state index in [4.69, 9.17) is 14.0 Å². The number of carbonyl (C=O) groups is 1. The molecular formula is C17H25NO4. The summed E-state index contributed by atoms with van der Waals surface area (Å²) in [6.07, 6.45) is 0. The van der Waals surface area contributed by atoms with Crippen LogP contribution in [0.5, 0.6) is 11.6 Å². The molecular weight excluding hydrogens is 282 g/mol. The van der Waals surface area contributed by atoms with Gasteiger partial charge in [0.2, 0.25) is 5.76 Å². The molecule has 0 saturated carbocycles. The third-order valence-corrected chi connectivity index (χ3v) is 2.38. The highest BCUT2D eigenvalue weighted by molar-refractivity contribution is 5.91. The molecule has 2 aromatic rings. The van der Waals surface area contributed by atoms with Crippen LogP contribution in [-0.2, 0) is 6.61 Å². The Labute approximate surface area is 132 Å². The van der Waals surface area contributed by atoms with Gasteiger partial charge >= 0.3 is 0 Å². The van der Waals surface area contributed by atoms with Crippen LogP contribution in [0.1, 0.15) is 50.7 Å². The molecule has 0 saturated heterocycles. The zero-order valence-electron chi connectivity index (χ0n) is 14.2. The van der Waals surface area contributed by atoms with E-state index in [9.17, 15) is 4.79 Å². The SMILES string of the molecule is CC.CC.COc1ccc(COc2cc(C(C)=O)on2)cc1. The molecule has 2 rings (SSSR count). The van der Waals surface area contributed by atoms with Gasteiger partial charge in [0.15, 0.2) is 5.78 Å². The number of ether oxygens (including phenoxy) is 2. The first-order chi connectivity index (χ1) is 10.7. The van der Waals surface area contributed by atoms with E-state index in [0.717, 1.165) is 11.3 Å². The Morgan fingerprint density at radius 1 is 1.14 bits per heavy atom. The summed E-state index contributed by atoms with van der Waals surface area (Å²) in [6.45, 7) is 9.77. The van der Waals surface area contributed by atoms with Crippen LogP contribution in [0.25, 0.3) is 0 Å². The Morgan fingerprint density at radius 3 is 2.18 bits per heavy atom. The number of Topliss-reactive ketones (excluding diaryl/α,β-unsaturated/α-hetero) is 1. The van der Waals surface area contributed by atoms with Crippen LogP contribution < -0.4 is 9.47 Å². The number of aromatic nitrogens is 1. The molecule has 1 aromatic heterocycles. The van der Waals surface area contributed by atoms with E-state index < -0.39 is 0 Å². The zero-order chi connectivity index (χ0) is 17.0. The lowest BCUT2D eigenvalue weighted by atomic mass is 10.2. The molecule has 0 bridgehead atoms. The molecule has 0 aliphatic carbocycles. The number of hydrogen-bond acceptors (Lipinski definition) is 5. The predicted octanol–water partition coefficient (Wildman–Crippen LogP) is 4.52. The fraction of sp³-hybridized carbons (Fsp3) is 0.412. The van der Waals surface area contributed by atoms with Crippen molar-refractivity contribution < 1.29 is 18.8 Å². The van der Waals surface area contributed by atoms with Crippen LogP contribution in [0.4, 0.5) is 0 Å². The molecule has 0 unspecified atom stereocenters. The van der Waals surface area contributed by atoms with Crippen molar-refractivity contribution in [2.45, 2.75) is 41.2 Å². The number of benzene rings is 1. The van der Waals surface area contributed by atoms with Crippen LogP contribution in [0, 0.1) is 0 Å². The lowest BCUT2D eigenvalue weighted by Gasteiger charge is -2.03. The van der Waals surface area contributed by atoms with Gasteiger partial charge in [0.05, 0.1) is 13.2 Å². The molecule has 0 aliphatic rings. The number of carbonyl (C=O) groups excluding carboxylic acids is 1. The standard InChI is InChI=1S/C13H13NO4.2C2H6/c1-9(15)12-7-13(14-18-12)17-8-10-3-5-11(16-2)6-4-10;2*1-2/h3-7H,8H2,1-2H3;2*1-2H3. The molecule has 5 heteroatoms. The normalized spacial score (nSPS) is 8.82. The Kier molecular flexibility index (Phi) is 10.2. The zero-order valence-corrected chi connectivity index (χ0v) is 14.2. The molecule has 22 heavy (non-hydrogen) atoms. The topological polar surface area (TPSA) is 61.6 Å². The van der Waals surface area contributed by atoms with Gasteiger partial charge in [0.1, 0.15) is 12.4 Å². The van der Waals surface area contributed by atoms with E-state index in [0.29, 0.717) is 12.5 Å². The fourth-order valence-corrected chi connectivity index (χ4v) is 1.37. The van der Waals surface area contributed by atoms with E-state index in [1.54, 1.807) is 7.11 Å². The molecule has 0 atom stereocenters. The minimum absolute atomic E-state index is 0.179. The van der Waals surface area contributed by atoms with Gasteiger partial charge in [-0.25, -0.2) is 0 Å². The predicted molar refractivity (Wildman–Crippen MR) is 86.5 cm³/mol. The van der Waals surface area contributed by atoms with E-state index in [1.165, 1.54) is 13.0 Å². The molecule has 0 amide bonds. The molecule has 1 heterocycles. The van der Waals surface area contributed by atoms with Crippen LogP contribution in [-0.4, -0.2) is 18.0 Å². The van der Waals surface area contributed by atoms with Crippen LogP contribution >= 0.6 is 0 Å². The van der Waals surface area contributed by atoms with Gasteiger partial charge < -0.3 is 14.0 Å². The van der Waals surface area contributed by atoms with Crippen molar-refractivity contribution in [3.05, 3.63) is 41.7 Å². The first kappa shape index (κ1) is 19.7. The van der Waals surface area contributed by atoms with Gasteiger partial charge in [0.25, 0.3) is 5.88 Å². The lowest BCUT2D eigenvalue weighted by Crippen LogP contribution is -1.95. The third kappa shape index (κ3) is 6.43. The average Bonchev–Trinajstić information content (AvgIpc) is 3.06. The van der Waals surface area contributed by atoms with Gasteiger partial charge in [-0.2, -0.15) is 0 Å². The van der Waals surface area contributed by atoms with Crippen LogP contribution in [0.15, 0.2) is 34.9 Å². The maximum absolute atomic E-state index is 11.0. The van der Waals surface area contributed by atoms with Crippen LogP contribution in [0.3, 0.4) is 0 Å². The van der Waals surface area contributed by atoms with Gasteiger partial charge in [-0.1, -0.05) is 39.8 Å². The van der Waals surface area contributed by atoms with Gasteiger partial charge in [-0.3, -0.25) is 4.79 Å². The third-order valence-electron chi connectivity index (χ3n) is 2.38. The van der Waals surface area contributed by atoms with Gasteiger partial charge in [-0.15, -0.1) is 0 Å². The van der Waals surface area contributed by atoms with Crippen molar-refractivity contribution in [2.24, 2.45) is 0 Å². The molecule has 0 radical (unpaired) electrons. The Bertz CT molecular complexity index is 532. The van der Waals surface area contributed by atoms with Crippen molar-refractivity contribution in [2.75, 3.05) is 7.11 Å². The summed E-state index contributed by atoms with van der Waals surface area (Å²) in [7, 11) is 1.62. The van der Waals surface area contributed by atoms with Crippen molar-refractivity contribution >= 4 is 5.78 Å². The molecule has 1 aromatic carbocycles. The van der Waals surface area contributed by atoms with Crippen molar-refractivity contribution in [3.8, 4) is 11.6 Å². The molecule has 0 aliphatic heterocycles. The Balaban J connectivity index is 0.00000102. The lowest BCUT2D eigenvalue weighted by molar-refractivity contribution is 0.0978. The van der Waals surface area contributed by atoms with Gasteiger partial charge in [0, 0.05) is 6.92 Å². The second-order valence-corrected chi connectivity index (χ2v) is 3.72. The minimum Gasteiger partial charge on any atom is -0.497 e. The molecule has 0 spiro atoms. The van der Waals surface area contributed by atoms with E-state index in [-0.39, 0.29) is 11.5 Å². The van der Waals surface area contributed by atoms with Gasteiger partial charge in [-0.05, 0) is 22.9 Å². The van der Waals surface area contributed by atoms with Crippen molar-refractivity contribution in [1.29, 1.82) is 0 Å². The smallest absolute Gasteiger partial charge is 0.255 e. The summed E-state index contributed by atoms with van der Waals surface area (Å²) in [5, 5.41) is 3.64. The highest BCUT2D eigenvalue weighted by Gasteiger charge is 2.09. The number of methoxy groups -OCH3 is 1. The molecule has 0 fully saturated rings. The first-order valence-electron chi connectivity index (χ1n) is 7.42. The van der Waals surface area contributed by atoms with E-state index in [1.807, 2.05) is 52.0 Å². The largest absolute Gasteiger partial charge is 0.497 e. The summed E-state index contributed by atoms with van der Waals surface area (Å²) >= 11 is 0. The summed E-state index contributed by atoms with van der Waals surface area (Å²) in [5.74, 6) is 1.11. The quantitative estimate of drug-likeness (QED) is 0.760. The highest BCUT2D eigenvalue weighted by Crippen LogP contribution is 2.15. The summed E-state index contributed by atoms with van der Waals surface area (Å²) < 4.78 is 15.3. The maximum Gasteiger partial charge on any atom is 0.255 e. The summed E-state index contributed by atoms with van der Waals surface area (Å²) in [5.41, 5.74) is 0.975. The van der Waals surface area contributed by atoms with E-state index >= 15 is 0 Å².